The van der Waals surface area contributed by atoms with E-state index in [9.17, 15) is 4.79 Å². The number of benzene rings is 2. The maximum atomic E-state index is 11.8. The van der Waals surface area contributed by atoms with Crippen molar-refractivity contribution in [2.45, 2.75) is 45.4 Å². The van der Waals surface area contributed by atoms with Gasteiger partial charge < -0.3 is 9.47 Å². The highest BCUT2D eigenvalue weighted by Gasteiger charge is 2.02. The largest absolute Gasteiger partial charge is 0.494 e. The maximum absolute atomic E-state index is 11.8. The van der Waals surface area contributed by atoms with Gasteiger partial charge >= 0.3 is 0 Å². The number of hydrazone groups is 1. The van der Waals surface area contributed by atoms with Gasteiger partial charge in [0.05, 0.1) is 12.8 Å². The van der Waals surface area contributed by atoms with Crippen LogP contribution >= 0.6 is 15.9 Å². The molecule has 5 nitrogen and oxygen atoms in total. The van der Waals surface area contributed by atoms with Crippen molar-refractivity contribution in [1.29, 1.82) is 0 Å². The Labute approximate surface area is 181 Å². The fourth-order valence-corrected chi connectivity index (χ4v) is 3.03. The van der Waals surface area contributed by atoms with E-state index in [0.717, 1.165) is 28.8 Å². The predicted molar refractivity (Wildman–Crippen MR) is 121 cm³/mol. The molecular formula is C23H29BrN2O3. The lowest BCUT2D eigenvalue weighted by Crippen LogP contribution is -2.24. The van der Waals surface area contributed by atoms with Gasteiger partial charge in [0, 0.05) is 10.0 Å². The number of amides is 1. The van der Waals surface area contributed by atoms with Gasteiger partial charge in [0.15, 0.2) is 6.61 Å². The summed E-state index contributed by atoms with van der Waals surface area (Å²) in [5.74, 6) is 1.10. The van der Waals surface area contributed by atoms with Crippen LogP contribution < -0.4 is 14.9 Å². The minimum absolute atomic E-state index is 0.106. The van der Waals surface area contributed by atoms with Gasteiger partial charge in [0.25, 0.3) is 5.91 Å². The highest BCUT2D eigenvalue weighted by atomic mass is 79.9. The molecule has 2 aromatic rings. The van der Waals surface area contributed by atoms with E-state index in [4.69, 9.17) is 9.47 Å². The van der Waals surface area contributed by atoms with E-state index in [1.807, 2.05) is 36.4 Å². The minimum Gasteiger partial charge on any atom is -0.494 e. The number of rotatable bonds is 13. The lowest BCUT2D eigenvalue weighted by atomic mass is 10.1. The van der Waals surface area contributed by atoms with Crippen LogP contribution in [-0.2, 0) is 4.79 Å². The topological polar surface area (TPSA) is 59.9 Å². The molecule has 0 aliphatic carbocycles. The Kier molecular flexibility index (Phi) is 10.9. The zero-order valence-electron chi connectivity index (χ0n) is 16.9. The van der Waals surface area contributed by atoms with Crippen LogP contribution in [0, 0.1) is 0 Å². The third-order valence-electron chi connectivity index (χ3n) is 4.26. The molecule has 0 spiro atoms. The zero-order chi connectivity index (χ0) is 20.7. The van der Waals surface area contributed by atoms with Gasteiger partial charge in [-0.25, -0.2) is 5.43 Å². The smallest absolute Gasteiger partial charge is 0.277 e. The average Bonchev–Trinajstić information content (AvgIpc) is 2.74. The second kappa shape index (κ2) is 13.8. The highest BCUT2D eigenvalue weighted by Crippen LogP contribution is 2.18. The van der Waals surface area contributed by atoms with E-state index in [2.05, 4.69) is 33.4 Å². The van der Waals surface area contributed by atoms with Gasteiger partial charge in [-0.15, -0.1) is 0 Å². The van der Waals surface area contributed by atoms with Crippen molar-refractivity contribution in [3.05, 3.63) is 58.6 Å². The summed E-state index contributed by atoms with van der Waals surface area (Å²) in [6.45, 7) is 2.84. The predicted octanol–water partition coefficient (Wildman–Crippen LogP) is 5.72. The summed E-state index contributed by atoms with van der Waals surface area (Å²) in [6, 6.07) is 14.9. The quantitative estimate of drug-likeness (QED) is 0.236. The Morgan fingerprint density at radius 1 is 0.966 bits per heavy atom. The summed E-state index contributed by atoms with van der Waals surface area (Å²) in [4.78, 5) is 11.8. The van der Waals surface area contributed by atoms with Crippen molar-refractivity contribution in [2.75, 3.05) is 13.2 Å². The SMILES string of the molecule is CCCCCCCCOc1ccc(OCC(=O)NN=Cc2ccccc2Br)cc1. The Morgan fingerprint density at radius 2 is 1.62 bits per heavy atom. The van der Waals surface area contributed by atoms with Crippen LogP contribution in [0.5, 0.6) is 11.5 Å². The van der Waals surface area contributed by atoms with Crippen molar-refractivity contribution in [2.24, 2.45) is 5.10 Å². The van der Waals surface area contributed by atoms with Gasteiger partial charge in [0.2, 0.25) is 0 Å². The number of hydrogen-bond acceptors (Lipinski definition) is 4. The summed E-state index contributed by atoms with van der Waals surface area (Å²) in [7, 11) is 0. The molecule has 6 heteroatoms. The normalized spacial score (nSPS) is 10.8. The molecule has 0 aliphatic heterocycles. The monoisotopic (exact) mass is 460 g/mol. The van der Waals surface area contributed by atoms with Crippen LogP contribution in [0.25, 0.3) is 0 Å². The van der Waals surface area contributed by atoms with Crippen LogP contribution in [0.1, 0.15) is 51.0 Å². The van der Waals surface area contributed by atoms with Crippen molar-refractivity contribution < 1.29 is 14.3 Å². The number of nitrogens with zero attached hydrogens (tertiary/aromatic N) is 1. The number of ether oxygens (including phenoxy) is 2. The van der Waals surface area contributed by atoms with Gasteiger partial charge in [-0.1, -0.05) is 73.2 Å². The molecule has 0 aromatic heterocycles. The first-order chi connectivity index (χ1) is 14.2. The minimum atomic E-state index is -0.322. The first-order valence-electron chi connectivity index (χ1n) is 10.1. The number of unbranched alkanes of at least 4 members (excludes halogenated alkanes) is 5. The van der Waals surface area contributed by atoms with Crippen molar-refractivity contribution in [3.8, 4) is 11.5 Å². The van der Waals surface area contributed by atoms with Crippen LogP contribution in [0.15, 0.2) is 58.1 Å². The summed E-state index contributed by atoms with van der Waals surface area (Å²) in [5, 5.41) is 3.94. The molecule has 2 aromatic carbocycles. The van der Waals surface area contributed by atoms with Crippen molar-refractivity contribution >= 4 is 28.1 Å². The zero-order valence-corrected chi connectivity index (χ0v) is 18.5. The Bertz CT molecular complexity index is 763. The molecule has 0 unspecified atom stereocenters. The van der Waals surface area contributed by atoms with Crippen LogP contribution in [0.3, 0.4) is 0 Å². The molecule has 0 atom stereocenters. The molecular weight excluding hydrogens is 432 g/mol. The third-order valence-corrected chi connectivity index (χ3v) is 4.98. The molecule has 0 fully saturated rings. The third kappa shape index (κ3) is 9.61. The van der Waals surface area contributed by atoms with Gasteiger partial charge in [-0.05, 0) is 36.8 Å². The molecule has 0 aliphatic rings. The summed E-state index contributed by atoms with van der Waals surface area (Å²) >= 11 is 3.42. The summed E-state index contributed by atoms with van der Waals surface area (Å²) in [5.41, 5.74) is 3.33. The molecule has 0 bridgehead atoms. The average molecular weight is 461 g/mol. The Hall–Kier alpha value is -2.34. The summed E-state index contributed by atoms with van der Waals surface area (Å²) < 4.78 is 12.1. The number of nitrogens with one attached hydrogen (secondary N) is 1. The molecule has 2 rings (SSSR count). The van der Waals surface area contributed by atoms with Crippen LogP contribution in [0.2, 0.25) is 0 Å². The maximum Gasteiger partial charge on any atom is 0.277 e. The molecule has 0 radical (unpaired) electrons. The van der Waals surface area contributed by atoms with Crippen molar-refractivity contribution in [3.63, 3.8) is 0 Å². The van der Waals surface area contributed by atoms with Gasteiger partial charge in [0.1, 0.15) is 11.5 Å². The fraction of sp³-hybridized carbons (Fsp3) is 0.391. The fourth-order valence-electron chi connectivity index (χ4n) is 2.64. The van der Waals surface area contributed by atoms with Crippen LogP contribution in [-0.4, -0.2) is 25.3 Å². The first kappa shape index (κ1) is 22.9. The number of carbonyl (C=O) groups is 1. The molecule has 0 saturated heterocycles. The number of carbonyl (C=O) groups excluding carboxylic acids is 1. The number of halogens is 1. The molecule has 0 heterocycles. The van der Waals surface area contributed by atoms with E-state index < -0.39 is 0 Å². The van der Waals surface area contributed by atoms with E-state index in [0.29, 0.717) is 5.75 Å². The highest BCUT2D eigenvalue weighted by molar-refractivity contribution is 9.10. The van der Waals surface area contributed by atoms with E-state index in [1.165, 1.54) is 32.1 Å². The molecule has 29 heavy (non-hydrogen) atoms. The van der Waals surface area contributed by atoms with Gasteiger partial charge in [-0.2, -0.15) is 5.10 Å². The lowest BCUT2D eigenvalue weighted by molar-refractivity contribution is -0.123. The second-order valence-electron chi connectivity index (χ2n) is 6.69. The summed E-state index contributed by atoms with van der Waals surface area (Å²) in [6.07, 6.45) is 9.03. The molecule has 156 valence electrons. The van der Waals surface area contributed by atoms with Crippen molar-refractivity contribution in [1.82, 2.24) is 5.43 Å². The van der Waals surface area contributed by atoms with Gasteiger partial charge in [-0.3, -0.25) is 4.79 Å². The first-order valence-corrected chi connectivity index (χ1v) is 10.9. The number of hydrogen-bond donors (Lipinski definition) is 1. The second-order valence-corrected chi connectivity index (χ2v) is 7.55. The molecule has 1 N–H and O–H groups in total. The van der Waals surface area contributed by atoms with E-state index >= 15 is 0 Å². The Balaban J connectivity index is 1.62. The standard InChI is InChI=1S/C23H29BrN2O3/c1-2-3-4-5-6-9-16-28-20-12-14-21(15-13-20)29-18-23(27)26-25-17-19-10-7-8-11-22(19)24/h7-8,10-15,17H,2-6,9,16,18H2,1H3,(H,26,27). The molecule has 1 amide bonds. The van der Waals surface area contributed by atoms with E-state index in [-0.39, 0.29) is 12.5 Å². The molecule has 0 saturated carbocycles. The lowest BCUT2D eigenvalue weighted by Gasteiger charge is -2.08. The van der Waals surface area contributed by atoms with E-state index in [1.54, 1.807) is 18.3 Å². The van der Waals surface area contributed by atoms with Crippen LogP contribution in [0.4, 0.5) is 0 Å². The Morgan fingerprint density at radius 3 is 2.34 bits per heavy atom.